The Morgan fingerprint density at radius 1 is 1.05 bits per heavy atom. The van der Waals surface area contributed by atoms with Crippen LogP contribution in [0, 0.1) is 0 Å². The van der Waals surface area contributed by atoms with E-state index in [2.05, 4.69) is 30.1 Å². The number of carbonyl (C=O) groups excluding carboxylic acids is 1. The summed E-state index contributed by atoms with van der Waals surface area (Å²) < 4.78 is 0. The van der Waals surface area contributed by atoms with Gasteiger partial charge in [-0.3, -0.25) is 4.79 Å². The van der Waals surface area contributed by atoms with E-state index in [1.54, 1.807) is 12.1 Å². The third-order valence-corrected chi connectivity index (χ3v) is 3.16. The highest BCUT2D eigenvalue weighted by molar-refractivity contribution is 7.80. The Morgan fingerprint density at radius 2 is 1.84 bits per heavy atom. The lowest BCUT2D eigenvalue weighted by Crippen LogP contribution is -2.24. The van der Waals surface area contributed by atoms with Gasteiger partial charge in [0.15, 0.2) is 0 Å². The van der Waals surface area contributed by atoms with Crippen LogP contribution in [-0.2, 0) is 6.42 Å². The molecule has 1 N–H and O–H groups in total. The summed E-state index contributed by atoms with van der Waals surface area (Å²) in [5, 5.41) is 2.92. The smallest absolute Gasteiger partial charge is 0.251 e. The number of nitrogens with one attached hydrogen (secondary N) is 1. The van der Waals surface area contributed by atoms with Crippen molar-refractivity contribution in [3.05, 3.63) is 65.7 Å². The summed E-state index contributed by atoms with van der Waals surface area (Å²) in [6.07, 6.45) is 1.92. The fraction of sp³-hybridized carbons (Fsp3) is 0.188. The van der Waals surface area contributed by atoms with Gasteiger partial charge >= 0.3 is 0 Å². The number of carbonyl (C=O) groups is 1. The summed E-state index contributed by atoms with van der Waals surface area (Å²) in [7, 11) is 0. The molecule has 2 aromatic rings. The molecule has 0 spiro atoms. The Hall–Kier alpha value is -1.74. The number of amides is 1. The molecule has 0 saturated carbocycles. The summed E-state index contributed by atoms with van der Waals surface area (Å²) in [6.45, 7) is 0.685. The van der Waals surface area contributed by atoms with Crippen molar-refractivity contribution in [2.75, 3.05) is 6.54 Å². The van der Waals surface area contributed by atoms with E-state index in [1.807, 2.05) is 30.3 Å². The van der Waals surface area contributed by atoms with Crippen molar-refractivity contribution in [3.63, 3.8) is 0 Å². The van der Waals surface area contributed by atoms with Gasteiger partial charge in [0, 0.05) is 17.0 Å². The highest BCUT2D eigenvalue weighted by Gasteiger charge is 2.04. The summed E-state index contributed by atoms with van der Waals surface area (Å²) in [4.78, 5) is 12.7. The van der Waals surface area contributed by atoms with Crippen molar-refractivity contribution >= 4 is 18.5 Å². The van der Waals surface area contributed by atoms with E-state index < -0.39 is 0 Å². The van der Waals surface area contributed by atoms with Gasteiger partial charge in [0.05, 0.1) is 0 Å². The second-order valence-electron chi connectivity index (χ2n) is 4.40. The molecule has 19 heavy (non-hydrogen) atoms. The Morgan fingerprint density at radius 3 is 2.58 bits per heavy atom. The topological polar surface area (TPSA) is 29.1 Å². The van der Waals surface area contributed by atoms with Crippen molar-refractivity contribution in [3.8, 4) is 0 Å². The third-order valence-electron chi connectivity index (χ3n) is 2.88. The highest BCUT2D eigenvalue weighted by atomic mass is 32.1. The molecule has 0 atom stereocenters. The molecule has 2 aromatic carbocycles. The van der Waals surface area contributed by atoms with Crippen LogP contribution in [0.25, 0.3) is 0 Å². The van der Waals surface area contributed by atoms with E-state index >= 15 is 0 Å². The first-order valence-corrected chi connectivity index (χ1v) is 6.81. The van der Waals surface area contributed by atoms with E-state index in [0.717, 1.165) is 17.7 Å². The zero-order valence-corrected chi connectivity index (χ0v) is 11.6. The maximum Gasteiger partial charge on any atom is 0.251 e. The summed E-state index contributed by atoms with van der Waals surface area (Å²) in [5.74, 6) is -0.0380. The third kappa shape index (κ3) is 4.45. The molecule has 0 unspecified atom stereocenters. The average Bonchev–Trinajstić information content (AvgIpc) is 2.44. The number of thiol groups is 1. The fourth-order valence-corrected chi connectivity index (χ4v) is 2.11. The first-order valence-electron chi connectivity index (χ1n) is 6.37. The van der Waals surface area contributed by atoms with Gasteiger partial charge in [0.25, 0.3) is 5.91 Å². The van der Waals surface area contributed by atoms with Crippen LogP contribution in [0.3, 0.4) is 0 Å². The number of hydrogen-bond acceptors (Lipinski definition) is 2. The van der Waals surface area contributed by atoms with Crippen molar-refractivity contribution in [1.82, 2.24) is 5.32 Å². The van der Waals surface area contributed by atoms with E-state index in [4.69, 9.17) is 0 Å². The molecule has 3 heteroatoms. The molecule has 0 radical (unpaired) electrons. The van der Waals surface area contributed by atoms with Gasteiger partial charge in [-0.2, -0.15) is 0 Å². The maximum absolute atomic E-state index is 11.9. The predicted octanol–water partition coefficient (Wildman–Crippen LogP) is 3.34. The Kier molecular flexibility index (Phi) is 5.04. The van der Waals surface area contributed by atoms with Crippen LogP contribution in [-0.4, -0.2) is 12.5 Å². The van der Waals surface area contributed by atoms with Gasteiger partial charge in [-0.15, -0.1) is 12.6 Å². The highest BCUT2D eigenvalue weighted by Crippen LogP contribution is 2.08. The van der Waals surface area contributed by atoms with Gasteiger partial charge < -0.3 is 5.32 Å². The molecule has 0 aromatic heterocycles. The molecule has 2 nitrogen and oxygen atoms in total. The molecule has 98 valence electrons. The Labute approximate surface area is 119 Å². The first kappa shape index (κ1) is 13.7. The van der Waals surface area contributed by atoms with Crippen LogP contribution >= 0.6 is 12.6 Å². The normalized spacial score (nSPS) is 10.2. The second kappa shape index (κ2) is 7.00. The number of hydrogen-bond donors (Lipinski definition) is 2. The molecule has 0 aliphatic rings. The van der Waals surface area contributed by atoms with Crippen molar-refractivity contribution in [2.24, 2.45) is 0 Å². The van der Waals surface area contributed by atoms with Gasteiger partial charge in [-0.05, 0) is 36.6 Å². The zero-order valence-electron chi connectivity index (χ0n) is 10.7. The molecule has 0 aliphatic carbocycles. The van der Waals surface area contributed by atoms with Gasteiger partial charge in [0.1, 0.15) is 0 Å². The zero-order chi connectivity index (χ0) is 13.5. The fourth-order valence-electron chi connectivity index (χ4n) is 1.89. The lowest BCUT2D eigenvalue weighted by atomic mass is 10.1. The quantitative estimate of drug-likeness (QED) is 0.634. The SMILES string of the molecule is O=C(NCCCc1ccccc1)c1cccc(S)c1. The number of benzene rings is 2. The molecule has 2 rings (SSSR count). The summed E-state index contributed by atoms with van der Waals surface area (Å²) in [5.41, 5.74) is 1.96. The monoisotopic (exact) mass is 271 g/mol. The van der Waals surface area contributed by atoms with Crippen LogP contribution in [0.5, 0.6) is 0 Å². The minimum Gasteiger partial charge on any atom is -0.352 e. The van der Waals surface area contributed by atoms with E-state index in [-0.39, 0.29) is 5.91 Å². The predicted molar refractivity (Wildman–Crippen MR) is 80.8 cm³/mol. The molecule has 1 amide bonds. The van der Waals surface area contributed by atoms with Gasteiger partial charge in [-0.25, -0.2) is 0 Å². The average molecular weight is 271 g/mol. The van der Waals surface area contributed by atoms with Crippen molar-refractivity contribution in [1.29, 1.82) is 0 Å². The molecule has 0 aliphatic heterocycles. The molecule has 0 fully saturated rings. The van der Waals surface area contributed by atoms with Crippen molar-refractivity contribution in [2.45, 2.75) is 17.7 Å². The van der Waals surface area contributed by atoms with Gasteiger partial charge in [-0.1, -0.05) is 36.4 Å². The van der Waals surface area contributed by atoms with Crippen LogP contribution in [0.4, 0.5) is 0 Å². The van der Waals surface area contributed by atoms with Crippen LogP contribution in [0.2, 0.25) is 0 Å². The number of rotatable bonds is 5. The summed E-state index contributed by atoms with van der Waals surface area (Å²) >= 11 is 4.23. The van der Waals surface area contributed by atoms with Crippen LogP contribution in [0.15, 0.2) is 59.5 Å². The molecular weight excluding hydrogens is 254 g/mol. The van der Waals surface area contributed by atoms with Crippen LogP contribution in [0.1, 0.15) is 22.3 Å². The largest absolute Gasteiger partial charge is 0.352 e. The second-order valence-corrected chi connectivity index (χ2v) is 4.91. The molecule has 0 bridgehead atoms. The molecular formula is C16H17NOS. The standard InChI is InChI=1S/C16H17NOS/c18-16(14-9-4-10-15(19)12-14)17-11-5-8-13-6-2-1-3-7-13/h1-4,6-7,9-10,12,19H,5,8,11H2,(H,17,18). The number of aryl methyl sites for hydroxylation is 1. The van der Waals surface area contributed by atoms with Gasteiger partial charge in [0.2, 0.25) is 0 Å². The first-order chi connectivity index (χ1) is 9.25. The minimum absolute atomic E-state index is 0.0380. The van der Waals surface area contributed by atoms with Crippen LogP contribution < -0.4 is 5.32 Å². The van der Waals surface area contributed by atoms with Crippen molar-refractivity contribution < 1.29 is 4.79 Å². The molecule has 0 heterocycles. The Balaban J connectivity index is 1.75. The summed E-state index contributed by atoms with van der Waals surface area (Å²) in [6, 6.07) is 17.5. The minimum atomic E-state index is -0.0380. The Bertz CT molecular complexity index is 539. The lowest BCUT2D eigenvalue weighted by Gasteiger charge is -2.06. The van der Waals surface area contributed by atoms with E-state index in [0.29, 0.717) is 12.1 Å². The van der Waals surface area contributed by atoms with E-state index in [1.165, 1.54) is 5.56 Å². The molecule has 0 saturated heterocycles. The lowest BCUT2D eigenvalue weighted by molar-refractivity contribution is 0.0953. The van der Waals surface area contributed by atoms with E-state index in [9.17, 15) is 4.79 Å². The maximum atomic E-state index is 11.9.